The van der Waals surface area contributed by atoms with Gasteiger partial charge in [0.25, 0.3) is 5.91 Å². The number of nitrogens with zero attached hydrogens (tertiary/aromatic N) is 3. The van der Waals surface area contributed by atoms with E-state index in [4.69, 9.17) is 0 Å². The molecule has 3 rings (SSSR count). The minimum atomic E-state index is -0.926. The summed E-state index contributed by atoms with van der Waals surface area (Å²) in [4.78, 5) is 21.0. The van der Waals surface area contributed by atoms with Crippen LogP contribution in [0.4, 0.5) is 18.3 Å². The van der Waals surface area contributed by atoms with E-state index in [1.54, 1.807) is 0 Å². The van der Waals surface area contributed by atoms with E-state index in [1.807, 2.05) is 13.8 Å². The number of hydrogen-bond donors (Lipinski definition) is 0. The van der Waals surface area contributed by atoms with E-state index < -0.39 is 23.4 Å². The Morgan fingerprint density at radius 1 is 1.00 bits per heavy atom. The summed E-state index contributed by atoms with van der Waals surface area (Å²) in [5.41, 5.74) is 0.327. The maximum Gasteiger partial charge on any atom is 0.263 e. The number of rotatable bonds is 7. The van der Waals surface area contributed by atoms with Crippen LogP contribution < -0.4 is 4.90 Å². The highest BCUT2D eigenvalue weighted by molar-refractivity contribution is 7.22. The molecule has 156 valence electrons. The number of aromatic nitrogens is 1. The Bertz CT molecular complexity index is 994. The molecular weight excluding hydrogens is 423 g/mol. The molecule has 0 fully saturated rings. The third-order valence-corrected chi connectivity index (χ3v) is 5.55. The van der Waals surface area contributed by atoms with Crippen LogP contribution in [0.15, 0.2) is 36.4 Å². The van der Waals surface area contributed by atoms with Gasteiger partial charge in [0.15, 0.2) is 5.13 Å². The number of carbonyl (C=O) groups excluding carboxylic acids is 1. The summed E-state index contributed by atoms with van der Waals surface area (Å²) in [5.74, 6) is -2.68. The molecule has 1 heterocycles. The first-order valence-electron chi connectivity index (χ1n) is 8.98. The lowest BCUT2D eigenvalue weighted by molar-refractivity contribution is 0.0980. The van der Waals surface area contributed by atoms with Gasteiger partial charge in [-0.3, -0.25) is 9.69 Å². The summed E-state index contributed by atoms with van der Waals surface area (Å²) in [6.45, 7) is 6.46. The Hall–Kier alpha value is -2.16. The molecule has 0 spiro atoms. The molecule has 0 saturated heterocycles. The largest absolute Gasteiger partial charge is 0.302 e. The average molecular weight is 444 g/mol. The molecule has 0 atom stereocenters. The van der Waals surface area contributed by atoms with Gasteiger partial charge < -0.3 is 4.90 Å². The normalized spacial score (nSPS) is 11.0. The number of halogens is 4. The zero-order chi connectivity index (χ0) is 20.3. The predicted molar refractivity (Wildman–Crippen MR) is 113 cm³/mol. The maximum atomic E-state index is 14.2. The molecule has 0 unspecified atom stereocenters. The number of likely N-dealkylation sites (N-methyl/N-ethyl adjacent to an activating group) is 1. The van der Waals surface area contributed by atoms with Crippen molar-refractivity contribution < 1.29 is 18.0 Å². The summed E-state index contributed by atoms with van der Waals surface area (Å²) in [6, 6.07) is 7.05. The Morgan fingerprint density at radius 2 is 1.66 bits per heavy atom. The van der Waals surface area contributed by atoms with Crippen molar-refractivity contribution in [3.8, 4) is 0 Å². The molecule has 3 aromatic rings. The third-order valence-electron chi connectivity index (χ3n) is 4.51. The Morgan fingerprint density at radius 3 is 2.31 bits per heavy atom. The number of thiazole rings is 1. The zero-order valence-electron chi connectivity index (χ0n) is 16.0. The van der Waals surface area contributed by atoms with Crippen LogP contribution >= 0.6 is 23.7 Å². The highest BCUT2D eigenvalue weighted by atomic mass is 35.5. The smallest absolute Gasteiger partial charge is 0.263 e. The van der Waals surface area contributed by atoms with E-state index in [2.05, 4.69) is 9.88 Å². The third kappa shape index (κ3) is 5.26. The standard InChI is InChI=1S/C20H20F3N3OS.ClH/c1-3-25(4-2)9-10-26(19(27)15-7-5-13(21)11-16(15)23)20-24-17-8-6-14(22)12-18(17)28-20;/h5-8,11-12H,3-4,9-10H2,1-2H3;1H. The van der Waals surface area contributed by atoms with Crippen molar-refractivity contribution in [2.45, 2.75) is 13.8 Å². The second kappa shape index (κ2) is 10.0. The van der Waals surface area contributed by atoms with Crippen LogP contribution in [0, 0.1) is 17.5 Å². The molecule has 0 bridgehead atoms. The van der Waals surface area contributed by atoms with E-state index in [0.717, 1.165) is 36.6 Å². The van der Waals surface area contributed by atoms with Crippen LogP contribution in [0.25, 0.3) is 10.2 Å². The fourth-order valence-electron chi connectivity index (χ4n) is 2.88. The van der Waals surface area contributed by atoms with E-state index in [-0.39, 0.29) is 24.5 Å². The van der Waals surface area contributed by atoms with Gasteiger partial charge in [0.1, 0.15) is 17.5 Å². The minimum Gasteiger partial charge on any atom is -0.302 e. The van der Waals surface area contributed by atoms with Crippen LogP contribution in [0.2, 0.25) is 0 Å². The Labute approximate surface area is 177 Å². The number of carbonyl (C=O) groups is 1. The van der Waals surface area contributed by atoms with Crippen molar-refractivity contribution in [3.63, 3.8) is 0 Å². The molecule has 0 aliphatic heterocycles. The van der Waals surface area contributed by atoms with E-state index >= 15 is 0 Å². The first-order chi connectivity index (χ1) is 13.4. The summed E-state index contributed by atoms with van der Waals surface area (Å²) >= 11 is 1.16. The van der Waals surface area contributed by atoms with Crippen molar-refractivity contribution in [2.75, 3.05) is 31.1 Å². The zero-order valence-corrected chi connectivity index (χ0v) is 17.6. The molecule has 4 nitrogen and oxygen atoms in total. The van der Waals surface area contributed by atoms with E-state index in [9.17, 15) is 18.0 Å². The minimum absolute atomic E-state index is 0. The SMILES string of the molecule is CCN(CC)CCN(C(=O)c1ccc(F)cc1F)c1nc2ccc(F)cc2s1.Cl. The highest BCUT2D eigenvalue weighted by Crippen LogP contribution is 2.30. The number of hydrogen-bond acceptors (Lipinski definition) is 4. The van der Waals surface area contributed by atoms with Gasteiger partial charge in [-0.2, -0.15) is 0 Å². The van der Waals surface area contributed by atoms with E-state index in [0.29, 0.717) is 28.0 Å². The summed E-state index contributed by atoms with van der Waals surface area (Å²) in [6.07, 6.45) is 0. The van der Waals surface area contributed by atoms with Crippen LogP contribution in [-0.2, 0) is 0 Å². The molecule has 0 N–H and O–H groups in total. The molecule has 0 aliphatic carbocycles. The molecule has 9 heteroatoms. The van der Waals surface area contributed by atoms with Crippen LogP contribution in [0.1, 0.15) is 24.2 Å². The highest BCUT2D eigenvalue weighted by Gasteiger charge is 2.24. The lowest BCUT2D eigenvalue weighted by atomic mass is 10.2. The first-order valence-corrected chi connectivity index (χ1v) is 9.80. The monoisotopic (exact) mass is 443 g/mol. The number of benzene rings is 2. The van der Waals surface area contributed by atoms with Crippen molar-refractivity contribution >= 4 is 45.0 Å². The molecule has 2 aromatic carbocycles. The molecule has 0 saturated carbocycles. The molecule has 29 heavy (non-hydrogen) atoms. The Balaban J connectivity index is 0.00000300. The maximum absolute atomic E-state index is 14.2. The predicted octanol–water partition coefficient (Wildman–Crippen LogP) is 5.12. The van der Waals surface area contributed by atoms with Gasteiger partial charge in [0.05, 0.1) is 15.8 Å². The lowest BCUT2D eigenvalue weighted by Gasteiger charge is -2.24. The van der Waals surface area contributed by atoms with Gasteiger partial charge in [-0.1, -0.05) is 25.2 Å². The van der Waals surface area contributed by atoms with Gasteiger partial charge in [-0.05, 0) is 43.4 Å². The summed E-state index contributed by atoms with van der Waals surface area (Å²) < 4.78 is 41.5. The van der Waals surface area contributed by atoms with Crippen molar-refractivity contribution in [1.29, 1.82) is 0 Å². The topological polar surface area (TPSA) is 36.4 Å². The fourth-order valence-corrected chi connectivity index (χ4v) is 3.89. The first kappa shape index (κ1) is 23.1. The van der Waals surface area contributed by atoms with Gasteiger partial charge in [0, 0.05) is 19.2 Å². The van der Waals surface area contributed by atoms with Crippen LogP contribution in [-0.4, -0.2) is 42.0 Å². The second-order valence-electron chi connectivity index (χ2n) is 6.22. The summed E-state index contributed by atoms with van der Waals surface area (Å²) in [7, 11) is 0. The molecule has 1 amide bonds. The van der Waals surface area contributed by atoms with Gasteiger partial charge in [-0.15, -0.1) is 12.4 Å². The van der Waals surface area contributed by atoms with Crippen LogP contribution in [0.5, 0.6) is 0 Å². The Kier molecular flexibility index (Phi) is 8.01. The number of anilines is 1. The van der Waals surface area contributed by atoms with Gasteiger partial charge >= 0.3 is 0 Å². The molecule has 0 radical (unpaired) electrons. The van der Waals surface area contributed by atoms with Gasteiger partial charge in [0.2, 0.25) is 0 Å². The van der Waals surface area contributed by atoms with Gasteiger partial charge in [-0.25, -0.2) is 18.2 Å². The lowest BCUT2D eigenvalue weighted by Crippen LogP contribution is -2.39. The van der Waals surface area contributed by atoms with Crippen LogP contribution in [0.3, 0.4) is 0 Å². The van der Waals surface area contributed by atoms with Crippen molar-refractivity contribution in [1.82, 2.24) is 9.88 Å². The number of fused-ring (bicyclic) bond motifs is 1. The molecular formula is C20H21ClF3N3OS. The fraction of sp³-hybridized carbons (Fsp3) is 0.300. The second-order valence-corrected chi connectivity index (χ2v) is 7.23. The quantitative estimate of drug-likeness (QED) is 0.508. The molecule has 1 aromatic heterocycles. The number of amides is 1. The molecule has 0 aliphatic rings. The van der Waals surface area contributed by atoms with Crippen molar-refractivity contribution in [2.24, 2.45) is 0 Å². The summed E-state index contributed by atoms with van der Waals surface area (Å²) in [5, 5.41) is 0.349. The average Bonchev–Trinajstić information content (AvgIpc) is 3.07. The van der Waals surface area contributed by atoms with E-state index in [1.165, 1.54) is 23.1 Å². The van der Waals surface area contributed by atoms with Crippen molar-refractivity contribution in [3.05, 3.63) is 59.4 Å².